The standard InChI is InChI=1S/C17H18F6N2O3S/c1-10-6-14(10)15(26)24-2-4-25(5-3-24)29(27,28)13-8-11(16(18,19)20)7-12(9-13)17(21,22)23/h7-10,14H,2-6H2,1H3/t10-,14+/m0/s1. The second-order valence-corrected chi connectivity index (χ2v) is 9.23. The van der Waals surface area contributed by atoms with Gasteiger partial charge in [0.25, 0.3) is 0 Å². The molecule has 1 saturated heterocycles. The first-order valence-corrected chi connectivity index (χ1v) is 10.2. The van der Waals surface area contributed by atoms with E-state index in [4.69, 9.17) is 0 Å². The Balaban J connectivity index is 1.85. The van der Waals surface area contributed by atoms with Crippen LogP contribution in [-0.4, -0.2) is 49.7 Å². The topological polar surface area (TPSA) is 57.7 Å². The maximum Gasteiger partial charge on any atom is 0.416 e. The zero-order chi connectivity index (χ0) is 21.8. The van der Waals surface area contributed by atoms with Crippen LogP contribution >= 0.6 is 0 Å². The van der Waals surface area contributed by atoms with Gasteiger partial charge in [-0.3, -0.25) is 4.79 Å². The molecule has 29 heavy (non-hydrogen) atoms. The number of carbonyl (C=O) groups is 1. The minimum absolute atomic E-state index is 0.0341. The number of hydrogen-bond acceptors (Lipinski definition) is 3. The summed E-state index contributed by atoms with van der Waals surface area (Å²) in [4.78, 5) is 12.6. The van der Waals surface area contributed by atoms with E-state index in [0.717, 1.165) is 10.7 Å². The average molecular weight is 444 g/mol. The van der Waals surface area contributed by atoms with Crippen LogP contribution in [0.2, 0.25) is 0 Å². The third-order valence-corrected chi connectivity index (χ3v) is 7.05. The Bertz CT molecular complexity index is 872. The zero-order valence-electron chi connectivity index (χ0n) is 15.2. The lowest BCUT2D eigenvalue weighted by Gasteiger charge is -2.34. The van der Waals surface area contributed by atoms with E-state index in [9.17, 15) is 39.6 Å². The number of amides is 1. The van der Waals surface area contributed by atoms with E-state index in [0.29, 0.717) is 0 Å². The smallest absolute Gasteiger partial charge is 0.340 e. The van der Waals surface area contributed by atoms with Gasteiger partial charge in [-0.15, -0.1) is 0 Å². The summed E-state index contributed by atoms with van der Waals surface area (Å²) in [5, 5.41) is 0. The molecular weight excluding hydrogens is 426 g/mol. The maximum atomic E-state index is 13.0. The van der Waals surface area contributed by atoms with Crippen molar-refractivity contribution in [3.8, 4) is 0 Å². The van der Waals surface area contributed by atoms with Gasteiger partial charge in [0, 0.05) is 32.1 Å². The fraction of sp³-hybridized carbons (Fsp3) is 0.588. The molecule has 0 N–H and O–H groups in total. The van der Waals surface area contributed by atoms with Crippen LogP contribution in [0.1, 0.15) is 24.5 Å². The molecule has 1 aliphatic carbocycles. The molecule has 0 spiro atoms. The molecule has 0 unspecified atom stereocenters. The fourth-order valence-corrected chi connectivity index (χ4v) is 4.77. The minimum atomic E-state index is -5.14. The molecule has 162 valence electrons. The summed E-state index contributed by atoms with van der Waals surface area (Å²) >= 11 is 0. The second kappa shape index (κ2) is 7.15. The largest absolute Gasteiger partial charge is 0.416 e. The van der Waals surface area contributed by atoms with Crippen molar-refractivity contribution in [1.29, 1.82) is 0 Å². The number of sulfonamides is 1. The molecule has 2 fully saturated rings. The molecule has 5 nitrogen and oxygen atoms in total. The molecule has 1 aromatic rings. The van der Waals surface area contributed by atoms with Crippen molar-refractivity contribution in [2.45, 2.75) is 30.6 Å². The van der Waals surface area contributed by atoms with Gasteiger partial charge in [-0.05, 0) is 30.5 Å². The highest BCUT2D eigenvalue weighted by molar-refractivity contribution is 7.89. The Kier molecular flexibility index (Phi) is 5.39. The van der Waals surface area contributed by atoms with E-state index in [1.165, 1.54) is 4.90 Å². The Morgan fingerprint density at radius 1 is 0.931 bits per heavy atom. The summed E-state index contributed by atoms with van der Waals surface area (Å²) in [7, 11) is -4.60. The Hall–Kier alpha value is -1.82. The fourth-order valence-electron chi connectivity index (χ4n) is 3.27. The van der Waals surface area contributed by atoms with Gasteiger partial charge in [-0.2, -0.15) is 30.6 Å². The summed E-state index contributed by atoms with van der Waals surface area (Å²) in [6.45, 7) is 1.58. The first-order chi connectivity index (χ1) is 13.2. The number of hydrogen-bond donors (Lipinski definition) is 0. The van der Waals surface area contributed by atoms with E-state index in [-0.39, 0.29) is 62.1 Å². The molecule has 1 saturated carbocycles. The van der Waals surface area contributed by atoms with Crippen molar-refractivity contribution < 1.29 is 39.6 Å². The number of rotatable bonds is 3. The number of nitrogens with zero attached hydrogens (tertiary/aromatic N) is 2. The summed E-state index contributed by atoms with van der Waals surface area (Å²) in [6, 6.07) is 0.286. The monoisotopic (exact) mass is 444 g/mol. The highest BCUT2D eigenvalue weighted by Gasteiger charge is 2.43. The van der Waals surface area contributed by atoms with E-state index in [2.05, 4.69) is 0 Å². The quantitative estimate of drug-likeness (QED) is 0.673. The summed E-state index contributed by atoms with van der Waals surface area (Å²) in [5.41, 5.74) is -3.38. The minimum Gasteiger partial charge on any atom is -0.340 e. The third-order valence-electron chi connectivity index (χ3n) is 5.18. The summed E-state index contributed by atoms with van der Waals surface area (Å²) in [5.74, 6) is 0.0547. The maximum absolute atomic E-state index is 13.0. The van der Waals surface area contributed by atoms with Crippen LogP contribution in [-0.2, 0) is 27.2 Å². The van der Waals surface area contributed by atoms with Crippen molar-refractivity contribution in [3.63, 3.8) is 0 Å². The van der Waals surface area contributed by atoms with Gasteiger partial charge in [0.1, 0.15) is 0 Å². The number of piperazine rings is 1. The van der Waals surface area contributed by atoms with Crippen LogP contribution in [0.15, 0.2) is 23.1 Å². The average Bonchev–Trinajstić information content (AvgIpc) is 3.36. The molecule has 2 aliphatic rings. The molecule has 0 radical (unpaired) electrons. The Morgan fingerprint density at radius 3 is 1.76 bits per heavy atom. The van der Waals surface area contributed by atoms with Crippen LogP contribution in [0.25, 0.3) is 0 Å². The molecule has 12 heteroatoms. The highest BCUT2D eigenvalue weighted by atomic mass is 32.2. The van der Waals surface area contributed by atoms with Gasteiger partial charge < -0.3 is 4.90 Å². The molecule has 0 bridgehead atoms. The number of carbonyl (C=O) groups excluding carboxylic acids is 1. The van der Waals surface area contributed by atoms with E-state index < -0.39 is 38.4 Å². The molecule has 0 aromatic heterocycles. The van der Waals surface area contributed by atoms with E-state index in [1.54, 1.807) is 0 Å². The number of benzene rings is 1. The lowest BCUT2D eigenvalue weighted by Crippen LogP contribution is -2.51. The van der Waals surface area contributed by atoms with E-state index in [1.807, 2.05) is 6.92 Å². The van der Waals surface area contributed by atoms with Crippen LogP contribution in [0.3, 0.4) is 0 Å². The third kappa shape index (κ3) is 4.52. The molecule has 1 aliphatic heterocycles. The van der Waals surface area contributed by atoms with Crippen molar-refractivity contribution in [3.05, 3.63) is 29.3 Å². The predicted molar refractivity (Wildman–Crippen MR) is 89.1 cm³/mol. The second-order valence-electron chi connectivity index (χ2n) is 7.29. The number of halogens is 6. The van der Waals surface area contributed by atoms with Gasteiger partial charge in [-0.1, -0.05) is 6.92 Å². The van der Waals surface area contributed by atoms with Crippen LogP contribution < -0.4 is 0 Å². The normalized spacial score (nSPS) is 23.9. The van der Waals surface area contributed by atoms with Gasteiger partial charge in [-0.25, -0.2) is 8.42 Å². The summed E-state index contributed by atoms with van der Waals surface area (Å²) in [6.07, 6.45) is -9.53. The van der Waals surface area contributed by atoms with Gasteiger partial charge >= 0.3 is 12.4 Å². The van der Waals surface area contributed by atoms with Gasteiger partial charge in [0.05, 0.1) is 16.0 Å². The van der Waals surface area contributed by atoms with Crippen molar-refractivity contribution >= 4 is 15.9 Å². The summed E-state index contributed by atoms with van der Waals surface area (Å²) < 4.78 is 104. The molecule has 1 amide bonds. The molecule has 1 heterocycles. The van der Waals surface area contributed by atoms with Crippen molar-refractivity contribution in [1.82, 2.24) is 9.21 Å². The van der Waals surface area contributed by atoms with Crippen LogP contribution in [0.5, 0.6) is 0 Å². The van der Waals surface area contributed by atoms with Gasteiger partial charge in [0.2, 0.25) is 15.9 Å². The molecule has 3 rings (SSSR count). The lowest BCUT2D eigenvalue weighted by molar-refractivity contribution is -0.143. The molecule has 1 aromatic carbocycles. The van der Waals surface area contributed by atoms with Crippen LogP contribution in [0, 0.1) is 11.8 Å². The Morgan fingerprint density at radius 2 is 1.38 bits per heavy atom. The Labute approximate surface area is 163 Å². The first kappa shape index (κ1) is 21.9. The zero-order valence-corrected chi connectivity index (χ0v) is 16.0. The first-order valence-electron chi connectivity index (χ1n) is 8.79. The van der Waals surface area contributed by atoms with Crippen LogP contribution in [0.4, 0.5) is 26.3 Å². The molecular formula is C17H18F6N2O3S. The SMILES string of the molecule is C[C@H]1C[C@H]1C(=O)N1CCN(S(=O)(=O)c2cc(C(F)(F)F)cc(C(F)(F)F)c2)CC1. The predicted octanol–water partition coefficient (Wildman–Crippen LogP) is 3.21. The molecule has 2 atom stereocenters. The van der Waals surface area contributed by atoms with Crippen molar-refractivity contribution in [2.75, 3.05) is 26.2 Å². The van der Waals surface area contributed by atoms with E-state index >= 15 is 0 Å². The number of alkyl halides is 6. The van der Waals surface area contributed by atoms with Crippen molar-refractivity contribution in [2.24, 2.45) is 11.8 Å². The highest BCUT2D eigenvalue weighted by Crippen LogP contribution is 2.40. The lowest BCUT2D eigenvalue weighted by atomic mass is 10.1. The van der Waals surface area contributed by atoms with Gasteiger partial charge in [0.15, 0.2) is 0 Å².